The normalized spacial score (nSPS) is 17.3. The lowest BCUT2D eigenvalue weighted by atomic mass is 9.94. The van der Waals surface area contributed by atoms with Crippen LogP contribution in [0.25, 0.3) is 10.9 Å². The molecule has 0 saturated carbocycles. The van der Waals surface area contributed by atoms with Crippen molar-refractivity contribution in [2.45, 2.75) is 32.9 Å². The van der Waals surface area contributed by atoms with E-state index in [0.717, 1.165) is 30.9 Å². The van der Waals surface area contributed by atoms with Crippen LogP contribution in [-0.4, -0.2) is 21.4 Å². The number of benzene rings is 1. The summed E-state index contributed by atoms with van der Waals surface area (Å²) in [7, 11) is 0. The minimum Gasteiger partial charge on any atom is -0.357 e. The van der Waals surface area contributed by atoms with E-state index in [2.05, 4.69) is 77.6 Å². The van der Waals surface area contributed by atoms with Crippen LogP contribution in [0.2, 0.25) is 0 Å². The van der Waals surface area contributed by atoms with Gasteiger partial charge in [-0.3, -0.25) is 9.88 Å². The molecule has 0 aliphatic carbocycles. The lowest BCUT2D eigenvalue weighted by Gasteiger charge is -2.35. The Hall–Kier alpha value is -2.43. The van der Waals surface area contributed by atoms with Crippen LogP contribution in [0.1, 0.15) is 39.1 Å². The highest BCUT2D eigenvalue weighted by Crippen LogP contribution is 2.39. The van der Waals surface area contributed by atoms with Crippen molar-refractivity contribution >= 4 is 22.2 Å². The number of H-pyrrole nitrogens is 1. The Morgan fingerprint density at radius 3 is 2.81 bits per heavy atom. The van der Waals surface area contributed by atoms with E-state index in [0.29, 0.717) is 0 Å². The summed E-state index contributed by atoms with van der Waals surface area (Å²) >= 11 is 1.86. The van der Waals surface area contributed by atoms with Crippen molar-refractivity contribution in [2.75, 3.05) is 6.54 Å². The van der Waals surface area contributed by atoms with Crippen LogP contribution in [0.5, 0.6) is 0 Å². The second-order valence-corrected chi connectivity index (χ2v) is 8.42. The lowest BCUT2D eigenvalue weighted by Crippen LogP contribution is -2.36. The maximum atomic E-state index is 4.91. The number of pyridine rings is 1. The molecule has 27 heavy (non-hydrogen) atoms. The first kappa shape index (κ1) is 16.7. The Bertz CT molecular complexity index is 1110. The van der Waals surface area contributed by atoms with Crippen molar-refractivity contribution in [3.8, 4) is 0 Å². The molecule has 0 amide bonds. The van der Waals surface area contributed by atoms with E-state index in [1.165, 1.54) is 32.6 Å². The van der Waals surface area contributed by atoms with Crippen LogP contribution in [0.3, 0.4) is 0 Å². The predicted octanol–water partition coefficient (Wildman–Crippen LogP) is 5.39. The van der Waals surface area contributed by atoms with E-state index in [4.69, 9.17) is 4.98 Å². The summed E-state index contributed by atoms with van der Waals surface area (Å²) in [6.45, 7) is 6.31. The number of aromatic amines is 1. The summed E-state index contributed by atoms with van der Waals surface area (Å²) in [6.07, 6.45) is 1.08. The lowest BCUT2D eigenvalue weighted by molar-refractivity contribution is 0.200. The van der Waals surface area contributed by atoms with Gasteiger partial charge in [-0.1, -0.05) is 24.3 Å². The average Bonchev–Trinajstić information content (AvgIpc) is 3.25. The highest BCUT2D eigenvalue weighted by atomic mass is 32.1. The van der Waals surface area contributed by atoms with Crippen molar-refractivity contribution in [1.29, 1.82) is 0 Å². The van der Waals surface area contributed by atoms with Crippen LogP contribution < -0.4 is 0 Å². The fourth-order valence-corrected chi connectivity index (χ4v) is 5.19. The van der Waals surface area contributed by atoms with Gasteiger partial charge in [0.25, 0.3) is 0 Å². The van der Waals surface area contributed by atoms with Gasteiger partial charge in [-0.15, -0.1) is 11.3 Å². The molecular formula is C23H23N3S. The highest BCUT2D eigenvalue weighted by Gasteiger charge is 2.32. The van der Waals surface area contributed by atoms with E-state index in [1.54, 1.807) is 0 Å². The Morgan fingerprint density at radius 2 is 2.00 bits per heavy atom. The summed E-state index contributed by atoms with van der Waals surface area (Å²) in [5.41, 5.74) is 7.60. The minimum absolute atomic E-state index is 0.169. The van der Waals surface area contributed by atoms with Gasteiger partial charge in [0.2, 0.25) is 0 Å². The van der Waals surface area contributed by atoms with Crippen molar-refractivity contribution in [1.82, 2.24) is 14.9 Å². The zero-order valence-electron chi connectivity index (χ0n) is 15.7. The van der Waals surface area contributed by atoms with Gasteiger partial charge in [-0.2, -0.15) is 0 Å². The largest absolute Gasteiger partial charge is 0.357 e. The number of nitrogens with one attached hydrogen (secondary N) is 1. The number of hydrogen-bond donors (Lipinski definition) is 1. The molecule has 1 aliphatic rings. The molecule has 4 heterocycles. The second kappa shape index (κ2) is 6.63. The smallest absolute Gasteiger partial charge is 0.0934 e. The third kappa shape index (κ3) is 2.89. The van der Waals surface area contributed by atoms with Crippen LogP contribution in [-0.2, 0) is 13.0 Å². The Kier molecular flexibility index (Phi) is 4.10. The van der Waals surface area contributed by atoms with Crippen LogP contribution in [0, 0.1) is 13.8 Å². The maximum absolute atomic E-state index is 4.91. The van der Waals surface area contributed by atoms with Gasteiger partial charge >= 0.3 is 0 Å². The zero-order valence-corrected chi connectivity index (χ0v) is 16.5. The van der Waals surface area contributed by atoms with Gasteiger partial charge in [-0.05, 0) is 61.0 Å². The average molecular weight is 374 g/mol. The fourth-order valence-electron chi connectivity index (χ4n) is 4.26. The minimum atomic E-state index is 0.169. The molecule has 1 unspecified atom stereocenters. The maximum Gasteiger partial charge on any atom is 0.0934 e. The van der Waals surface area contributed by atoms with Gasteiger partial charge < -0.3 is 4.98 Å². The van der Waals surface area contributed by atoms with Gasteiger partial charge in [0, 0.05) is 40.3 Å². The Morgan fingerprint density at radius 1 is 1.11 bits per heavy atom. The van der Waals surface area contributed by atoms with Gasteiger partial charge in [0.05, 0.1) is 11.7 Å². The van der Waals surface area contributed by atoms with Crippen molar-refractivity contribution < 1.29 is 0 Å². The molecule has 0 spiro atoms. The number of rotatable bonds is 3. The molecule has 0 fully saturated rings. The van der Waals surface area contributed by atoms with Crippen molar-refractivity contribution in [3.05, 3.63) is 87.0 Å². The summed E-state index contributed by atoms with van der Waals surface area (Å²) in [4.78, 5) is 12.7. The summed E-state index contributed by atoms with van der Waals surface area (Å²) in [5, 5.41) is 3.56. The van der Waals surface area contributed by atoms with E-state index in [1.807, 2.05) is 11.3 Å². The van der Waals surface area contributed by atoms with Gasteiger partial charge in [0.1, 0.15) is 0 Å². The number of para-hydroxylation sites is 1. The molecule has 0 radical (unpaired) electrons. The predicted molar refractivity (Wildman–Crippen MR) is 112 cm³/mol. The topological polar surface area (TPSA) is 31.9 Å². The van der Waals surface area contributed by atoms with Crippen LogP contribution >= 0.6 is 11.3 Å². The van der Waals surface area contributed by atoms with E-state index in [9.17, 15) is 0 Å². The Balaban J connectivity index is 1.65. The first-order valence-corrected chi connectivity index (χ1v) is 10.4. The number of nitrogens with zero attached hydrogens (tertiary/aromatic N) is 2. The van der Waals surface area contributed by atoms with E-state index in [-0.39, 0.29) is 6.04 Å². The molecule has 136 valence electrons. The number of aromatic nitrogens is 2. The number of fused-ring (bicyclic) bond motifs is 3. The summed E-state index contributed by atoms with van der Waals surface area (Å²) in [6, 6.07) is 17.4. The van der Waals surface area contributed by atoms with Crippen molar-refractivity contribution in [3.63, 3.8) is 0 Å². The molecule has 4 aromatic rings. The summed E-state index contributed by atoms with van der Waals surface area (Å²) in [5.74, 6) is 0. The zero-order chi connectivity index (χ0) is 18.4. The highest BCUT2D eigenvalue weighted by molar-refractivity contribution is 7.10. The number of aryl methyl sites for hydroxylation is 2. The second-order valence-electron chi connectivity index (χ2n) is 7.42. The molecule has 5 rings (SSSR count). The van der Waals surface area contributed by atoms with Gasteiger partial charge in [0.15, 0.2) is 0 Å². The van der Waals surface area contributed by atoms with E-state index >= 15 is 0 Å². The molecule has 3 nitrogen and oxygen atoms in total. The SMILES string of the molecule is Cc1cccc(C2c3[nH]c4ccccc4c3CCN2Cc2sccc2C)n1. The molecule has 0 bridgehead atoms. The standard InChI is InChI=1S/C23H23N3S/c1-15-11-13-27-21(15)14-26-12-10-18-17-7-3-4-8-19(17)25-22(18)23(26)20-9-5-6-16(2)24-20/h3-9,11,13,23,25H,10,12,14H2,1-2H3. The molecule has 1 N–H and O–H groups in total. The Labute approximate surface area is 163 Å². The number of thiophene rings is 1. The van der Waals surface area contributed by atoms with Crippen LogP contribution in [0.15, 0.2) is 53.9 Å². The molecule has 1 atom stereocenters. The third-order valence-corrected chi connectivity index (χ3v) is 6.65. The van der Waals surface area contributed by atoms with Crippen LogP contribution in [0.4, 0.5) is 0 Å². The van der Waals surface area contributed by atoms with Gasteiger partial charge in [-0.25, -0.2) is 0 Å². The molecular weight excluding hydrogens is 350 g/mol. The number of hydrogen-bond acceptors (Lipinski definition) is 3. The molecule has 1 aromatic carbocycles. The first-order valence-electron chi connectivity index (χ1n) is 9.51. The van der Waals surface area contributed by atoms with Crippen molar-refractivity contribution in [2.24, 2.45) is 0 Å². The summed E-state index contributed by atoms with van der Waals surface area (Å²) < 4.78 is 0. The fraction of sp³-hybridized carbons (Fsp3) is 0.261. The molecule has 4 heteroatoms. The molecule has 1 aliphatic heterocycles. The first-order chi connectivity index (χ1) is 13.2. The molecule has 0 saturated heterocycles. The monoisotopic (exact) mass is 373 g/mol. The molecule has 3 aromatic heterocycles. The van der Waals surface area contributed by atoms with E-state index < -0.39 is 0 Å². The quantitative estimate of drug-likeness (QED) is 0.522. The third-order valence-electron chi connectivity index (χ3n) is 5.64.